The number of carbonyl (C=O) groups is 1. The highest BCUT2D eigenvalue weighted by atomic mass is 79.9. The SMILES string of the molecule is COc1c(Cl)cc(Br)c([N+](=O)[O-])c1C(=O)O. The Kier molecular flexibility index (Phi) is 3.71. The topological polar surface area (TPSA) is 89.7 Å². The Morgan fingerprint density at radius 1 is 1.69 bits per heavy atom. The van der Waals surface area contributed by atoms with E-state index in [4.69, 9.17) is 21.4 Å². The van der Waals surface area contributed by atoms with Crippen molar-refractivity contribution in [2.24, 2.45) is 0 Å². The van der Waals surface area contributed by atoms with Crippen molar-refractivity contribution >= 4 is 39.2 Å². The van der Waals surface area contributed by atoms with Crippen LogP contribution < -0.4 is 4.74 Å². The summed E-state index contributed by atoms with van der Waals surface area (Å²) in [5.41, 5.74) is -1.17. The molecule has 1 aromatic rings. The van der Waals surface area contributed by atoms with Crippen LogP contribution in [0.4, 0.5) is 5.69 Å². The first kappa shape index (κ1) is 12.7. The van der Waals surface area contributed by atoms with Crippen molar-refractivity contribution in [3.05, 3.63) is 31.2 Å². The van der Waals surface area contributed by atoms with Gasteiger partial charge in [-0.05, 0) is 22.0 Å². The Bertz CT molecular complexity index is 476. The standard InChI is InChI=1S/C8H5BrClNO5/c1-16-7-4(10)2-3(9)6(11(14)15)5(7)8(12)13/h2H,1H3,(H,12,13). The smallest absolute Gasteiger partial charge is 0.346 e. The lowest BCUT2D eigenvalue weighted by molar-refractivity contribution is -0.386. The van der Waals surface area contributed by atoms with Crippen LogP contribution in [0.2, 0.25) is 5.02 Å². The first-order valence-corrected chi connectivity index (χ1v) is 5.01. The minimum atomic E-state index is -1.48. The average molecular weight is 310 g/mol. The van der Waals surface area contributed by atoms with Crippen molar-refractivity contribution in [2.75, 3.05) is 7.11 Å². The zero-order valence-corrected chi connectivity index (χ0v) is 10.2. The molecule has 0 fully saturated rings. The molecule has 0 aliphatic rings. The molecule has 0 saturated heterocycles. The average Bonchev–Trinajstić information content (AvgIpc) is 2.15. The van der Waals surface area contributed by atoms with Gasteiger partial charge in [0.25, 0.3) is 0 Å². The van der Waals surface area contributed by atoms with E-state index >= 15 is 0 Å². The third-order valence-electron chi connectivity index (χ3n) is 1.76. The second kappa shape index (κ2) is 4.67. The van der Waals surface area contributed by atoms with Crippen molar-refractivity contribution in [3.63, 3.8) is 0 Å². The predicted molar refractivity (Wildman–Crippen MR) is 59.3 cm³/mol. The van der Waals surface area contributed by atoms with Crippen LogP contribution in [0.1, 0.15) is 10.4 Å². The summed E-state index contributed by atoms with van der Waals surface area (Å²) in [7, 11) is 1.19. The third-order valence-corrected chi connectivity index (χ3v) is 2.65. The van der Waals surface area contributed by atoms with Gasteiger partial charge in [0.2, 0.25) is 0 Å². The molecule has 0 atom stereocenters. The number of carboxylic acid groups (broad SMARTS) is 1. The van der Waals surface area contributed by atoms with Gasteiger partial charge >= 0.3 is 11.7 Å². The van der Waals surface area contributed by atoms with E-state index in [1.54, 1.807) is 0 Å². The molecule has 6 nitrogen and oxygen atoms in total. The molecule has 0 amide bonds. The van der Waals surface area contributed by atoms with Crippen LogP contribution in [0.5, 0.6) is 5.75 Å². The second-order valence-corrected chi connectivity index (χ2v) is 3.92. The normalized spacial score (nSPS) is 9.94. The summed E-state index contributed by atoms with van der Waals surface area (Å²) in [5, 5.41) is 19.6. The van der Waals surface area contributed by atoms with Crippen molar-refractivity contribution in [2.45, 2.75) is 0 Å². The van der Waals surface area contributed by atoms with Crippen molar-refractivity contribution < 1.29 is 19.6 Å². The van der Waals surface area contributed by atoms with Gasteiger partial charge in [-0.25, -0.2) is 4.79 Å². The summed E-state index contributed by atoms with van der Waals surface area (Å²) in [6, 6.07) is 1.21. The maximum absolute atomic E-state index is 10.9. The van der Waals surface area contributed by atoms with Gasteiger partial charge in [0.1, 0.15) is 0 Å². The molecule has 86 valence electrons. The van der Waals surface area contributed by atoms with Gasteiger partial charge in [-0.3, -0.25) is 10.1 Å². The lowest BCUT2D eigenvalue weighted by atomic mass is 10.1. The molecule has 0 aliphatic heterocycles. The van der Waals surface area contributed by atoms with Crippen molar-refractivity contribution in [1.29, 1.82) is 0 Å². The molecule has 0 bridgehead atoms. The van der Waals surface area contributed by atoms with E-state index in [9.17, 15) is 14.9 Å². The first-order chi connectivity index (χ1) is 7.40. The van der Waals surface area contributed by atoms with Crippen LogP contribution in [0, 0.1) is 10.1 Å². The summed E-state index contributed by atoms with van der Waals surface area (Å²) >= 11 is 8.60. The van der Waals surface area contributed by atoms with Gasteiger partial charge in [0, 0.05) is 0 Å². The number of aromatic carboxylic acids is 1. The van der Waals surface area contributed by atoms with Crippen LogP contribution in [0.25, 0.3) is 0 Å². The number of nitro benzene ring substituents is 1. The number of hydrogen-bond acceptors (Lipinski definition) is 4. The van der Waals surface area contributed by atoms with E-state index in [2.05, 4.69) is 15.9 Å². The van der Waals surface area contributed by atoms with Gasteiger partial charge in [-0.1, -0.05) is 11.6 Å². The molecule has 0 saturated carbocycles. The van der Waals surface area contributed by atoms with E-state index in [0.29, 0.717) is 0 Å². The summed E-state index contributed by atoms with van der Waals surface area (Å²) in [5.74, 6) is -1.71. The summed E-state index contributed by atoms with van der Waals surface area (Å²) in [6.45, 7) is 0. The van der Waals surface area contributed by atoms with E-state index in [1.165, 1.54) is 13.2 Å². The molecule has 1 N–H and O–H groups in total. The molecular weight excluding hydrogens is 305 g/mol. The molecule has 16 heavy (non-hydrogen) atoms. The Balaban J connectivity index is 3.72. The number of carboxylic acids is 1. The molecular formula is C8H5BrClNO5. The second-order valence-electron chi connectivity index (χ2n) is 2.66. The molecule has 8 heteroatoms. The zero-order valence-electron chi connectivity index (χ0n) is 7.86. The monoisotopic (exact) mass is 309 g/mol. The quantitative estimate of drug-likeness (QED) is 0.685. The Hall–Kier alpha value is -1.34. The van der Waals surface area contributed by atoms with Gasteiger partial charge in [-0.15, -0.1) is 0 Å². The fourth-order valence-electron chi connectivity index (χ4n) is 1.17. The van der Waals surface area contributed by atoms with Gasteiger partial charge in [0.15, 0.2) is 11.3 Å². The number of benzene rings is 1. The van der Waals surface area contributed by atoms with Crippen LogP contribution in [0.3, 0.4) is 0 Å². The summed E-state index contributed by atoms with van der Waals surface area (Å²) in [4.78, 5) is 20.9. The highest BCUT2D eigenvalue weighted by molar-refractivity contribution is 9.10. The molecule has 0 spiro atoms. The van der Waals surface area contributed by atoms with E-state index < -0.39 is 22.1 Å². The molecule has 0 unspecified atom stereocenters. The van der Waals surface area contributed by atoms with Crippen molar-refractivity contribution in [1.82, 2.24) is 0 Å². The van der Waals surface area contributed by atoms with Gasteiger partial charge in [-0.2, -0.15) is 0 Å². The van der Waals surface area contributed by atoms with Crippen LogP contribution in [0.15, 0.2) is 10.5 Å². The molecule has 0 heterocycles. The molecule has 0 radical (unpaired) electrons. The predicted octanol–water partition coefficient (Wildman–Crippen LogP) is 2.72. The lowest BCUT2D eigenvalue weighted by Gasteiger charge is -2.08. The van der Waals surface area contributed by atoms with Crippen LogP contribution in [-0.4, -0.2) is 23.1 Å². The number of ether oxygens (including phenoxy) is 1. The molecule has 0 aliphatic carbocycles. The maximum Gasteiger partial charge on any atom is 0.346 e. The van der Waals surface area contributed by atoms with E-state index in [-0.39, 0.29) is 15.2 Å². The Labute approximate surface area is 103 Å². The number of halogens is 2. The first-order valence-electron chi connectivity index (χ1n) is 3.83. The lowest BCUT2D eigenvalue weighted by Crippen LogP contribution is -2.06. The van der Waals surface area contributed by atoms with Crippen LogP contribution in [-0.2, 0) is 0 Å². The number of hydrogen-bond donors (Lipinski definition) is 1. The summed E-state index contributed by atoms with van der Waals surface area (Å²) < 4.78 is 4.73. The maximum atomic E-state index is 10.9. The van der Waals surface area contributed by atoms with Gasteiger partial charge in [0.05, 0.1) is 21.5 Å². The molecule has 1 aromatic carbocycles. The molecule has 1 rings (SSSR count). The van der Waals surface area contributed by atoms with Gasteiger partial charge < -0.3 is 9.84 Å². The minimum Gasteiger partial charge on any atom is -0.494 e. The fraction of sp³-hybridized carbons (Fsp3) is 0.125. The number of methoxy groups -OCH3 is 1. The van der Waals surface area contributed by atoms with Crippen molar-refractivity contribution in [3.8, 4) is 5.75 Å². The van der Waals surface area contributed by atoms with E-state index in [0.717, 1.165) is 0 Å². The highest BCUT2D eigenvalue weighted by Crippen LogP contribution is 2.40. The highest BCUT2D eigenvalue weighted by Gasteiger charge is 2.30. The number of rotatable bonds is 3. The third kappa shape index (κ3) is 2.10. The Morgan fingerprint density at radius 2 is 2.25 bits per heavy atom. The zero-order chi connectivity index (χ0) is 12.5. The molecule has 0 aromatic heterocycles. The summed E-state index contributed by atoms with van der Waals surface area (Å²) in [6.07, 6.45) is 0. The number of nitro groups is 1. The minimum absolute atomic E-state index is 0.0132. The van der Waals surface area contributed by atoms with Crippen LogP contribution >= 0.6 is 27.5 Å². The largest absolute Gasteiger partial charge is 0.494 e. The van der Waals surface area contributed by atoms with E-state index in [1.807, 2.05) is 0 Å². The Morgan fingerprint density at radius 3 is 2.62 bits per heavy atom. The number of nitrogens with zero attached hydrogens (tertiary/aromatic N) is 1. The fourth-order valence-corrected chi connectivity index (χ4v) is 2.15.